The first kappa shape index (κ1) is 18.7. The highest BCUT2D eigenvalue weighted by atomic mass is 35.7. The van der Waals surface area contributed by atoms with Gasteiger partial charge in [-0.1, -0.05) is 48.5 Å². The van der Waals surface area contributed by atoms with Gasteiger partial charge >= 0.3 is 6.09 Å². The average molecular weight is 394 g/mol. The van der Waals surface area contributed by atoms with Crippen LogP contribution >= 0.6 is 10.7 Å². The van der Waals surface area contributed by atoms with E-state index in [1.54, 1.807) is 13.8 Å². The van der Waals surface area contributed by atoms with Gasteiger partial charge in [-0.3, -0.25) is 0 Å². The van der Waals surface area contributed by atoms with E-state index >= 15 is 0 Å². The van der Waals surface area contributed by atoms with E-state index in [2.05, 4.69) is 17.4 Å². The molecule has 1 aliphatic rings. The molecule has 1 N–H and O–H groups in total. The minimum Gasteiger partial charge on any atom is -0.449 e. The van der Waals surface area contributed by atoms with Crippen molar-refractivity contribution in [3.63, 3.8) is 0 Å². The predicted octanol–water partition coefficient (Wildman–Crippen LogP) is 3.87. The number of fused-ring (bicyclic) bond motifs is 3. The highest BCUT2D eigenvalue weighted by molar-refractivity contribution is 8.13. The lowest BCUT2D eigenvalue weighted by Gasteiger charge is -2.24. The number of carbonyl (C=O) groups excluding carboxylic acids is 1. The maximum atomic E-state index is 12.2. The lowest BCUT2D eigenvalue weighted by atomic mass is 9.98. The van der Waals surface area contributed by atoms with Crippen LogP contribution in [0.2, 0.25) is 0 Å². The van der Waals surface area contributed by atoms with Gasteiger partial charge in [0.1, 0.15) is 6.61 Å². The fourth-order valence-corrected chi connectivity index (χ4v) is 5.13. The molecule has 0 unspecified atom stereocenters. The van der Waals surface area contributed by atoms with Crippen LogP contribution in [0.1, 0.15) is 30.9 Å². The van der Waals surface area contributed by atoms with Crippen LogP contribution in [0.15, 0.2) is 48.5 Å². The van der Waals surface area contributed by atoms with Crippen LogP contribution in [0.5, 0.6) is 0 Å². The van der Waals surface area contributed by atoms with E-state index in [-0.39, 0.29) is 18.3 Å². The molecule has 0 aromatic heterocycles. The maximum absolute atomic E-state index is 12.2. The van der Waals surface area contributed by atoms with Crippen molar-refractivity contribution in [2.45, 2.75) is 25.3 Å². The first-order valence-electron chi connectivity index (χ1n) is 8.22. The van der Waals surface area contributed by atoms with Gasteiger partial charge in [0, 0.05) is 16.6 Å². The third-order valence-corrected chi connectivity index (χ3v) is 5.71. The van der Waals surface area contributed by atoms with Crippen molar-refractivity contribution in [2.75, 3.05) is 12.4 Å². The van der Waals surface area contributed by atoms with E-state index in [1.807, 2.05) is 36.4 Å². The molecule has 0 bridgehead atoms. The second-order valence-corrected chi connectivity index (χ2v) is 9.79. The molecule has 0 fully saturated rings. The summed E-state index contributed by atoms with van der Waals surface area (Å²) in [6.45, 7) is 3.33. The highest BCUT2D eigenvalue weighted by Crippen LogP contribution is 2.44. The molecule has 7 heteroatoms. The molecule has 0 atom stereocenters. The third kappa shape index (κ3) is 4.19. The molecule has 1 amide bonds. The van der Waals surface area contributed by atoms with E-state index < -0.39 is 20.7 Å². The van der Waals surface area contributed by atoms with Crippen molar-refractivity contribution >= 4 is 25.8 Å². The average Bonchev–Trinajstić information content (AvgIpc) is 2.84. The Kier molecular flexibility index (Phi) is 4.99. The van der Waals surface area contributed by atoms with Gasteiger partial charge in [0.25, 0.3) is 0 Å². The maximum Gasteiger partial charge on any atom is 0.407 e. The Morgan fingerprint density at radius 3 is 2.08 bits per heavy atom. The predicted molar refractivity (Wildman–Crippen MR) is 102 cm³/mol. The van der Waals surface area contributed by atoms with Crippen LogP contribution < -0.4 is 5.32 Å². The zero-order chi connectivity index (χ0) is 18.9. The molecular formula is C19H20ClNO4S. The van der Waals surface area contributed by atoms with Gasteiger partial charge in [0.2, 0.25) is 9.05 Å². The quantitative estimate of drug-likeness (QED) is 0.782. The van der Waals surface area contributed by atoms with Gasteiger partial charge in [-0.15, -0.1) is 0 Å². The summed E-state index contributed by atoms with van der Waals surface area (Å²) in [5.41, 5.74) is 3.49. The van der Waals surface area contributed by atoms with Gasteiger partial charge in [0.15, 0.2) is 0 Å². The summed E-state index contributed by atoms with van der Waals surface area (Å²) >= 11 is 0. The third-order valence-electron chi connectivity index (χ3n) is 4.32. The standard InChI is InChI=1S/C19H20ClNO4S/c1-19(2,12-26(20,23)24)21-18(22)25-11-17-15-9-5-3-7-13(15)14-8-4-6-10-16(14)17/h3-10,17H,11-12H2,1-2H3,(H,21,22). The van der Waals surface area contributed by atoms with Crippen LogP contribution in [0.3, 0.4) is 0 Å². The molecule has 0 heterocycles. The molecule has 2 aromatic rings. The summed E-state index contributed by atoms with van der Waals surface area (Å²) in [6, 6.07) is 16.1. The molecule has 1 aliphatic carbocycles. The van der Waals surface area contributed by atoms with Crippen LogP contribution in [0.4, 0.5) is 4.79 Å². The summed E-state index contributed by atoms with van der Waals surface area (Å²) < 4.78 is 27.9. The van der Waals surface area contributed by atoms with E-state index in [0.717, 1.165) is 22.3 Å². The number of halogens is 1. The molecular weight excluding hydrogens is 374 g/mol. The van der Waals surface area contributed by atoms with Crippen LogP contribution in [0.25, 0.3) is 11.1 Å². The molecule has 0 spiro atoms. The number of rotatable bonds is 5. The zero-order valence-corrected chi connectivity index (χ0v) is 16.1. The Labute approximate surface area is 157 Å². The van der Waals surface area contributed by atoms with Gasteiger partial charge in [-0.2, -0.15) is 0 Å². The Hall–Kier alpha value is -2.05. The summed E-state index contributed by atoms with van der Waals surface area (Å²) in [6.07, 6.45) is -0.669. The Morgan fingerprint density at radius 2 is 1.58 bits per heavy atom. The van der Waals surface area contributed by atoms with E-state index in [0.29, 0.717) is 0 Å². The largest absolute Gasteiger partial charge is 0.449 e. The molecule has 3 rings (SSSR count). The number of amides is 1. The number of carbonyl (C=O) groups is 1. The molecule has 2 aromatic carbocycles. The van der Waals surface area contributed by atoms with Gasteiger partial charge < -0.3 is 10.1 Å². The number of hydrogen-bond acceptors (Lipinski definition) is 4. The lowest BCUT2D eigenvalue weighted by Crippen LogP contribution is -2.48. The first-order valence-corrected chi connectivity index (χ1v) is 10.7. The van der Waals surface area contributed by atoms with E-state index in [9.17, 15) is 13.2 Å². The van der Waals surface area contributed by atoms with Crippen molar-refractivity contribution in [3.8, 4) is 11.1 Å². The minimum absolute atomic E-state index is 0.0481. The molecule has 0 aliphatic heterocycles. The Balaban J connectivity index is 1.71. The molecule has 5 nitrogen and oxygen atoms in total. The summed E-state index contributed by atoms with van der Waals surface area (Å²) in [5.74, 6) is -0.431. The number of ether oxygens (including phenoxy) is 1. The Morgan fingerprint density at radius 1 is 1.08 bits per heavy atom. The number of hydrogen-bond donors (Lipinski definition) is 1. The van der Waals surface area contributed by atoms with E-state index in [1.165, 1.54) is 0 Å². The summed E-state index contributed by atoms with van der Waals surface area (Å²) in [5, 5.41) is 2.56. The monoisotopic (exact) mass is 393 g/mol. The first-order chi connectivity index (χ1) is 12.2. The van der Waals surface area contributed by atoms with Crippen molar-refractivity contribution in [1.82, 2.24) is 5.32 Å². The van der Waals surface area contributed by atoms with Crippen LogP contribution in [-0.2, 0) is 13.8 Å². The van der Waals surface area contributed by atoms with Crippen molar-refractivity contribution in [2.24, 2.45) is 0 Å². The molecule has 0 saturated carbocycles. The number of alkyl carbamates (subject to hydrolysis) is 1. The topological polar surface area (TPSA) is 72.5 Å². The molecule has 0 radical (unpaired) electrons. The van der Waals surface area contributed by atoms with Crippen molar-refractivity contribution < 1.29 is 17.9 Å². The fraction of sp³-hybridized carbons (Fsp3) is 0.316. The highest BCUT2D eigenvalue weighted by Gasteiger charge is 2.31. The summed E-state index contributed by atoms with van der Waals surface area (Å²) in [7, 11) is 1.54. The van der Waals surface area contributed by atoms with Crippen molar-refractivity contribution in [3.05, 3.63) is 59.7 Å². The van der Waals surface area contributed by atoms with Crippen LogP contribution in [-0.4, -0.2) is 32.4 Å². The smallest absolute Gasteiger partial charge is 0.407 e. The van der Waals surface area contributed by atoms with Gasteiger partial charge in [0.05, 0.1) is 11.3 Å². The normalized spacial score (nSPS) is 13.8. The van der Waals surface area contributed by atoms with E-state index in [4.69, 9.17) is 15.4 Å². The minimum atomic E-state index is -3.74. The molecule has 0 saturated heterocycles. The fourth-order valence-electron chi connectivity index (χ4n) is 3.38. The second-order valence-electron chi connectivity index (χ2n) is 7.02. The zero-order valence-electron chi connectivity index (χ0n) is 14.5. The number of nitrogens with one attached hydrogen (secondary N) is 1. The van der Waals surface area contributed by atoms with Crippen LogP contribution in [0, 0.1) is 0 Å². The summed E-state index contributed by atoms with van der Waals surface area (Å²) in [4.78, 5) is 12.2. The second kappa shape index (κ2) is 6.93. The molecule has 138 valence electrons. The number of benzene rings is 2. The molecule has 26 heavy (non-hydrogen) atoms. The van der Waals surface area contributed by atoms with Crippen molar-refractivity contribution in [1.29, 1.82) is 0 Å². The van der Waals surface area contributed by atoms with Gasteiger partial charge in [-0.25, -0.2) is 13.2 Å². The van der Waals surface area contributed by atoms with Gasteiger partial charge in [-0.05, 0) is 36.1 Å². The lowest BCUT2D eigenvalue weighted by molar-refractivity contribution is 0.135. The Bertz CT molecular complexity index is 895. The SMILES string of the molecule is CC(C)(CS(=O)(=O)Cl)NC(=O)OCC1c2ccccc2-c2ccccc21.